The number of halogens is 1. The predicted octanol–water partition coefficient (Wildman–Crippen LogP) is 2.01. The van der Waals surface area contributed by atoms with Gasteiger partial charge in [0.25, 0.3) is 0 Å². The minimum Gasteiger partial charge on any atom is -0.475 e. The monoisotopic (exact) mass is 521 g/mol. The highest BCUT2D eigenvalue weighted by Crippen LogP contribution is 2.16. The fraction of sp³-hybridized carbons (Fsp3) is 0.632. The quantitative estimate of drug-likeness (QED) is 0.245. The number of ether oxygens (including phenoxy) is 3. The molecule has 0 bridgehead atoms. The number of rotatable bonds is 7. The van der Waals surface area contributed by atoms with Gasteiger partial charge in [-0.2, -0.15) is 0 Å². The number of likely N-dealkylation sites (tertiary alicyclic amines) is 1. The number of carbonyl (C=O) groups excluding carboxylic acids is 1. The average Bonchev–Trinajstić information content (AvgIpc) is 2.59. The summed E-state index contributed by atoms with van der Waals surface area (Å²) in [5, 5.41) is 6.55. The van der Waals surface area contributed by atoms with Gasteiger partial charge in [0, 0.05) is 45.6 Å². The molecule has 164 valence electrons. The van der Waals surface area contributed by atoms with Crippen LogP contribution in [0.3, 0.4) is 0 Å². The summed E-state index contributed by atoms with van der Waals surface area (Å²) < 4.78 is 16.0. The first-order chi connectivity index (χ1) is 13.3. The standard InChI is InChI=1S/C19H31N5O4.HI/c1-19(2,3)28-18(25)24-12-15(13-24)23-17(20-4)22-11-14-7-6-8-21-16(14)27-10-9-26-5;/h6-8,15H,9-13H2,1-5H3,(H2,20,22,23);1H. The first-order valence-corrected chi connectivity index (χ1v) is 9.33. The number of aliphatic imine (C=N–C) groups is 1. The summed E-state index contributed by atoms with van der Waals surface area (Å²) in [6.07, 6.45) is 1.40. The lowest BCUT2D eigenvalue weighted by Gasteiger charge is -2.40. The molecule has 1 aromatic heterocycles. The minimum absolute atomic E-state index is 0. The summed E-state index contributed by atoms with van der Waals surface area (Å²) in [7, 11) is 3.34. The molecule has 2 heterocycles. The van der Waals surface area contributed by atoms with Crippen LogP contribution in [0.4, 0.5) is 4.79 Å². The molecule has 2 rings (SSSR count). The third kappa shape index (κ3) is 8.60. The van der Waals surface area contributed by atoms with Gasteiger partial charge in [-0.3, -0.25) is 4.99 Å². The van der Waals surface area contributed by atoms with Gasteiger partial charge in [-0.15, -0.1) is 24.0 Å². The molecule has 0 unspecified atom stereocenters. The van der Waals surface area contributed by atoms with E-state index < -0.39 is 5.60 Å². The Hall–Kier alpha value is -1.82. The lowest BCUT2D eigenvalue weighted by molar-refractivity contribution is 0.00701. The number of carbonyl (C=O) groups is 1. The molecule has 0 spiro atoms. The molecule has 29 heavy (non-hydrogen) atoms. The van der Waals surface area contributed by atoms with Crippen molar-refractivity contribution in [1.82, 2.24) is 20.5 Å². The highest BCUT2D eigenvalue weighted by Gasteiger charge is 2.34. The maximum atomic E-state index is 12.0. The van der Waals surface area contributed by atoms with Crippen LogP contribution >= 0.6 is 24.0 Å². The Bertz CT molecular complexity index is 675. The fourth-order valence-electron chi connectivity index (χ4n) is 2.52. The number of nitrogens with zero attached hydrogens (tertiary/aromatic N) is 3. The fourth-order valence-corrected chi connectivity index (χ4v) is 2.52. The summed E-state index contributed by atoms with van der Waals surface area (Å²) in [5.41, 5.74) is 0.436. The molecule has 0 atom stereocenters. The molecular weight excluding hydrogens is 489 g/mol. The summed E-state index contributed by atoms with van der Waals surface area (Å²) in [4.78, 5) is 22.2. The maximum absolute atomic E-state index is 12.0. The molecule has 0 saturated carbocycles. The van der Waals surface area contributed by atoms with Crippen molar-refractivity contribution in [2.45, 2.75) is 39.0 Å². The second-order valence-corrected chi connectivity index (χ2v) is 7.46. The van der Waals surface area contributed by atoms with E-state index in [0.29, 0.717) is 44.7 Å². The zero-order chi connectivity index (χ0) is 20.6. The Morgan fingerprint density at radius 1 is 1.34 bits per heavy atom. The second-order valence-electron chi connectivity index (χ2n) is 7.46. The van der Waals surface area contributed by atoms with Crippen LogP contribution in [0.5, 0.6) is 5.88 Å². The highest BCUT2D eigenvalue weighted by atomic mass is 127. The van der Waals surface area contributed by atoms with E-state index >= 15 is 0 Å². The molecule has 1 fully saturated rings. The zero-order valence-electron chi connectivity index (χ0n) is 17.7. The Morgan fingerprint density at radius 3 is 2.69 bits per heavy atom. The number of methoxy groups -OCH3 is 1. The Balaban J connectivity index is 0.00000420. The predicted molar refractivity (Wildman–Crippen MR) is 122 cm³/mol. The van der Waals surface area contributed by atoms with Crippen molar-refractivity contribution in [2.75, 3.05) is 40.5 Å². The number of pyridine rings is 1. The molecule has 1 aliphatic rings. The molecule has 2 N–H and O–H groups in total. The van der Waals surface area contributed by atoms with E-state index in [1.165, 1.54) is 0 Å². The lowest BCUT2D eigenvalue weighted by Crippen LogP contribution is -2.63. The zero-order valence-corrected chi connectivity index (χ0v) is 20.1. The molecule has 9 nitrogen and oxygen atoms in total. The van der Waals surface area contributed by atoms with E-state index in [-0.39, 0.29) is 36.1 Å². The summed E-state index contributed by atoms with van der Waals surface area (Å²) in [6.45, 7) is 8.19. The van der Waals surface area contributed by atoms with Crippen LogP contribution < -0.4 is 15.4 Å². The smallest absolute Gasteiger partial charge is 0.410 e. The van der Waals surface area contributed by atoms with Crippen LogP contribution in [0, 0.1) is 0 Å². The molecule has 10 heteroatoms. The Labute approximate surface area is 189 Å². The van der Waals surface area contributed by atoms with Gasteiger partial charge in [-0.1, -0.05) is 6.07 Å². The van der Waals surface area contributed by atoms with Gasteiger partial charge in [0.05, 0.1) is 12.6 Å². The highest BCUT2D eigenvalue weighted by molar-refractivity contribution is 14.0. The third-order valence-corrected chi connectivity index (χ3v) is 3.92. The Kier molecular flexibility index (Phi) is 10.4. The van der Waals surface area contributed by atoms with Gasteiger partial charge in [0.1, 0.15) is 12.2 Å². The number of guanidine groups is 1. The SMILES string of the molecule is CN=C(NCc1cccnc1OCCOC)NC1CN(C(=O)OC(C)(C)C)C1.I. The minimum atomic E-state index is -0.486. The van der Waals surface area contributed by atoms with Crippen LogP contribution in [0.25, 0.3) is 0 Å². The third-order valence-electron chi connectivity index (χ3n) is 3.92. The van der Waals surface area contributed by atoms with E-state index in [2.05, 4.69) is 20.6 Å². The van der Waals surface area contributed by atoms with Gasteiger partial charge >= 0.3 is 6.09 Å². The molecule has 0 aromatic carbocycles. The van der Waals surface area contributed by atoms with Crippen molar-refractivity contribution in [2.24, 2.45) is 4.99 Å². The van der Waals surface area contributed by atoms with Gasteiger partial charge in [0.15, 0.2) is 5.96 Å². The summed E-state index contributed by atoms with van der Waals surface area (Å²) >= 11 is 0. The number of amides is 1. The van der Waals surface area contributed by atoms with Gasteiger partial charge in [-0.05, 0) is 26.8 Å². The molecule has 1 aromatic rings. The van der Waals surface area contributed by atoms with Crippen LogP contribution in [0.1, 0.15) is 26.3 Å². The molecule has 1 aliphatic heterocycles. The molecular formula is C19H32IN5O4. The lowest BCUT2D eigenvalue weighted by atomic mass is 10.1. The van der Waals surface area contributed by atoms with Crippen LogP contribution in [0.15, 0.2) is 23.3 Å². The molecule has 0 aliphatic carbocycles. The van der Waals surface area contributed by atoms with E-state index in [0.717, 1.165) is 5.56 Å². The number of aromatic nitrogens is 1. The second kappa shape index (κ2) is 12.0. The van der Waals surface area contributed by atoms with Crippen molar-refractivity contribution >= 4 is 36.0 Å². The summed E-state index contributed by atoms with van der Waals surface area (Å²) in [5.74, 6) is 1.22. The van der Waals surface area contributed by atoms with Crippen molar-refractivity contribution in [3.8, 4) is 5.88 Å². The number of hydrogen-bond donors (Lipinski definition) is 2. The van der Waals surface area contributed by atoms with E-state index in [9.17, 15) is 4.79 Å². The first kappa shape index (κ1) is 25.2. The van der Waals surface area contributed by atoms with E-state index in [1.807, 2.05) is 32.9 Å². The average molecular weight is 521 g/mol. The van der Waals surface area contributed by atoms with Gasteiger partial charge in [-0.25, -0.2) is 9.78 Å². The summed E-state index contributed by atoms with van der Waals surface area (Å²) in [6, 6.07) is 3.94. The Morgan fingerprint density at radius 2 is 2.07 bits per heavy atom. The van der Waals surface area contributed by atoms with E-state index in [4.69, 9.17) is 14.2 Å². The molecule has 0 radical (unpaired) electrons. The van der Waals surface area contributed by atoms with E-state index in [1.54, 1.807) is 25.3 Å². The van der Waals surface area contributed by atoms with Crippen LogP contribution in [0.2, 0.25) is 0 Å². The largest absolute Gasteiger partial charge is 0.475 e. The number of hydrogen-bond acceptors (Lipinski definition) is 6. The molecule has 1 saturated heterocycles. The van der Waals surface area contributed by atoms with Crippen molar-refractivity contribution in [3.63, 3.8) is 0 Å². The van der Waals surface area contributed by atoms with Crippen molar-refractivity contribution in [3.05, 3.63) is 23.9 Å². The van der Waals surface area contributed by atoms with Gasteiger partial charge < -0.3 is 29.7 Å². The topological polar surface area (TPSA) is 97.3 Å². The normalized spacial score (nSPS) is 14.5. The van der Waals surface area contributed by atoms with Crippen LogP contribution in [-0.4, -0.2) is 74.0 Å². The number of nitrogens with one attached hydrogen (secondary N) is 2. The van der Waals surface area contributed by atoms with Crippen molar-refractivity contribution < 1.29 is 19.0 Å². The molecule has 1 amide bonds. The maximum Gasteiger partial charge on any atom is 0.410 e. The van der Waals surface area contributed by atoms with Crippen molar-refractivity contribution in [1.29, 1.82) is 0 Å². The van der Waals surface area contributed by atoms with Gasteiger partial charge in [0.2, 0.25) is 5.88 Å². The van der Waals surface area contributed by atoms with Crippen LogP contribution in [-0.2, 0) is 16.0 Å². The first-order valence-electron chi connectivity index (χ1n) is 9.33.